The summed E-state index contributed by atoms with van der Waals surface area (Å²) in [5.74, 6) is -2.36. The number of Topliss-reactive ketones (excluding diaryl/α,β-unsaturated/α-hetero) is 2. The molecule has 0 fully saturated rings. The van der Waals surface area contributed by atoms with Crippen molar-refractivity contribution in [2.75, 3.05) is 0 Å². The Hall–Kier alpha value is -10.0. The summed E-state index contributed by atoms with van der Waals surface area (Å²) in [7, 11) is 0. The zero-order valence-electron chi connectivity index (χ0n) is 47.8. The van der Waals surface area contributed by atoms with Crippen molar-refractivity contribution in [2.45, 2.75) is 92.8 Å². The third-order valence-corrected chi connectivity index (χ3v) is 12.7. The average molecular weight is 1240 g/mol. The number of nitrogens with zero attached hydrogens (tertiary/aromatic N) is 12. The van der Waals surface area contributed by atoms with Crippen LogP contribution in [0.3, 0.4) is 0 Å². The highest BCUT2D eigenvalue weighted by Gasteiger charge is 2.18. The predicted molar refractivity (Wildman–Crippen MR) is 326 cm³/mol. The fourth-order valence-corrected chi connectivity index (χ4v) is 8.22. The first kappa shape index (κ1) is 67.8. The summed E-state index contributed by atoms with van der Waals surface area (Å²) < 4.78 is 12.7. The van der Waals surface area contributed by atoms with Gasteiger partial charge in [-0.15, -0.1) is 0 Å². The molecule has 0 aliphatic rings. The van der Waals surface area contributed by atoms with Crippen molar-refractivity contribution in [1.29, 1.82) is 15.8 Å². The van der Waals surface area contributed by atoms with Crippen LogP contribution in [0.1, 0.15) is 131 Å². The number of carbonyl (C=O) groups excluding carboxylic acids is 4. The van der Waals surface area contributed by atoms with Crippen LogP contribution in [0.15, 0.2) is 110 Å². The van der Waals surface area contributed by atoms with Gasteiger partial charge in [0.2, 0.25) is 0 Å². The number of aromatic nitrogens is 12. The first-order valence-corrected chi connectivity index (χ1v) is 26.6. The van der Waals surface area contributed by atoms with E-state index >= 15 is 0 Å². The third kappa shape index (κ3) is 19.8. The van der Waals surface area contributed by atoms with Gasteiger partial charge < -0.3 is 26.6 Å². The molecular formula is C58H59BCl3N18O7. The molecule has 3 aromatic carbocycles. The number of aromatic carboxylic acids is 1. The summed E-state index contributed by atoms with van der Waals surface area (Å²) in [6, 6.07) is 30.7. The number of ketones is 2. The van der Waals surface area contributed by atoms with E-state index in [0.717, 1.165) is 22.4 Å². The summed E-state index contributed by atoms with van der Waals surface area (Å²) in [6.45, 7) is 11.1. The number of H-pyrrole nitrogens is 3. The van der Waals surface area contributed by atoms with Crippen LogP contribution >= 0.6 is 34.8 Å². The number of aromatic amines is 3. The van der Waals surface area contributed by atoms with Crippen molar-refractivity contribution in [3.05, 3.63) is 176 Å². The van der Waals surface area contributed by atoms with Crippen LogP contribution in [0.5, 0.6) is 0 Å². The Bertz CT molecular complexity index is 4020. The Balaban J connectivity index is 0.000000262. The van der Waals surface area contributed by atoms with E-state index in [4.69, 9.17) is 62.8 Å². The molecule has 4 atom stereocenters. The zero-order chi connectivity index (χ0) is 63.0. The summed E-state index contributed by atoms with van der Waals surface area (Å²) in [6.07, 6.45) is 3.62. The Morgan fingerprint density at radius 3 is 1.28 bits per heavy atom. The Morgan fingerprint density at radius 1 is 0.586 bits per heavy atom. The minimum absolute atomic E-state index is 0. The smallest absolute Gasteiger partial charge is 0.353 e. The molecular weight excluding hydrogens is 1180 g/mol. The summed E-state index contributed by atoms with van der Waals surface area (Å²) in [5, 5.41) is 83.3. The van der Waals surface area contributed by atoms with Crippen molar-refractivity contribution in [3.8, 4) is 52.0 Å². The van der Waals surface area contributed by atoms with Gasteiger partial charge in [0.05, 0.1) is 81.6 Å². The van der Waals surface area contributed by atoms with Crippen molar-refractivity contribution >= 4 is 72.6 Å². The Labute approximate surface area is 518 Å². The van der Waals surface area contributed by atoms with E-state index < -0.39 is 18.0 Å². The molecule has 2 amide bonds. The maximum absolute atomic E-state index is 12.3. The number of benzene rings is 3. The Kier molecular flexibility index (Phi) is 25.2. The van der Waals surface area contributed by atoms with Gasteiger partial charge in [0.15, 0.2) is 11.6 Å². The van der Waals surface area contributed by atoms with E-state index in [1.54, 1.807) is 75.0 Å². The lowest BCUT2D eigenvalue weighted by Crippen LogP contribution is -2.36. The number of amides is 2. The first-order chi connectivity index (χ1) is 40.7. The number of nitrogens with one attached hydrogen (secondary N) is 5. The number of nitrogens with two attached hydrogens (primary N) is 1. The largest absolute Gasteiger partial charge is 0.477 e. The molecule has 9 N–H and O–H groups in total. The second-order valence-electron chi connectivity index (χ2n) is 18.9. The summed E-state index contributed by atoms with van der Waals surface area (Å²) in [4.78, 5) is 56.7. The molecule has 9 rings (SSSR count). The van der Waals surface area contributed by atoms with Crippen LogP contribution in [0.4, 0.5) is 0 Å². The predicted octanol–water partition coefficient (Wildman–Crippen LogP) is 8.48. The van der Waals surface area contributed by atoms with Gasteiger partial charge in [0, 0.05) is 81.7 Å². The quantitative estimate of drug-likeness (QED) is 0.0313. The minimum Gasteiger partial charge on any atom is -0.477 e. The highest BCUT2D eigenvalue weighted by Crippen LogP contribution is 2.27. The van der Waals surface area contributed by atoms with Crippen LogP contribution in [0, 0.1) is 34.0 Å². The molecule has 29 heteroatoms. The normalized spacial score (nSPS) is 12.2. The van der Waals surface area contributed by atoms with Crippen molar-refractivity contribution < 1.29 is 35.6 Å². The van der Waals surface area contributed by atoms with Crippen LogP contribution in [0.2, 0.25) is 15.1 Å². The van der Waals surface area contributed by atoms with Gasteiger partial charge in [-0.05, 0) is 94.4 Å². The number of aliphatic hydroxyl groups is 1. The van der Waals surface area contributed by atoms with Gasteiger partial charge in [-0.25, -0.2) is 4.79 Å². The van der Waals surface area contributed by atoms with Crippen LogP contribution in [-0.4, -0.2) is 126 Å². The number of hydrogen-bond acceptors (Lipinski definition) is 16. The van der Waals surface area contributed by atoms with Gasteiger partial charge >= 0.3 is 5.97 Å². The fourth-order valence-electron chi connectivity index (χ4n) is 7.55. The van der Waals surface area contributed by atoms with Gasteiger partial charge in [-0.3, -0.25) is 48.5 Å². The molecule has 0 spiro atoms. The van der Waals surface area contributed by atoms with Gasteiger partial charge in [0.1, 0.15) is 46.7 Å². The molecule has 6 aromatic heterocycles. The Morgan fingerprint density at radius 2 is 0.954 bits per heavy atom. The van der Waals surface area contributed by atoms with Gasteiger partial charge in [-0.2, -0.15) is 46.4 Å². The second-order valence-corrected chi connectivity index (χ2v) is 20.1. The highest BCUT2D eigenvalue weighted by atomic mass is 35.5. The number of rotatable bonds is 17. The lowest BCUT2D eigenvalue weighted by atomic mass is 10.1. The van der Waals surface area contributed by atoms with E-state index in [9.17, 15) is 29.1 Å². The molecule has 6 heterocycles. The van der Waals surface area contributed by atoms with Gasteiger partial charge in [0.25, 0.3) is 11.8 Å². The molecule has 447 valence electrons. The van der Waals surface area contributed by atoms with E-state index in [1.807, 2.05) is 69.4 Å². The second kappa shape index (κ2) is 32.3. The fraction of sp³-hybridized carbons (Fsp3) is 0.241. The highest BCUT2D eigenvalue weighted by molar-refractivity contribution is 6.32. The van der Waals surface area contributed by atoms with E-state index in [2.05, 4.69) is 56.5 Å². The molecule has 0 saturated heterocycles. The average Bonchev–Trinajstić information content (AvgIpc) is 4.44. The minimum atomic E-state index is -1.85. The molecule has 87 heavy (non-hydrogen) atoms. The van der Waals surface area contributed by atoms with Crippen LogP contribution in [0.25, 0.3) is 33.8 Å². The van der Waals surface area contributed by atoms with Crippen molar-refractivity contribution in [1.82, 2.24) is 70.6 Å². The van der Waals surface area contributed by atoms with Crippen LogP contribution in [-0.2, 0) is 19.6 Å². The molecule has 25 nitrogen and oxygen atoms in total. The zero-order valence-corrected chi connectivity index (χ0v) is 49.1. The SMILES string of the molecule is C.CC(=O)c1cc(C(=O)N[C@@H](C)Cn2ccc(-c3ccc(C#N)c(Cl)c3)n2)[nH]n1.CC(=O)c1cc(C(=O)O)[nH]n1.C[C@H](N)Cn1ccc(-c2ccc(C#N)c(Cl)c2)n1.[2H]C(C)(O)c1cc(C(=O)N[C@@H](C)Cn2ccc(-c3ccc(C#N)c(Cl)c3)n2)n[nH]1.[B]. The number of nitriles is 3. The van der Waals surface area contributed by atoms with Crippen molar-refractivity contribution in [3.63, 3.8) is 0 Å². The number of carbonyl (C=O) groups is 5. The molecule has 0 aliphatic heterocycles. The van der Waals surface area contributed by atoms with Crippen LogP contribution < -0.4 is 16.4 Å². The van der Waals surface area contributed by atoms with E-state index in [0.29, 0.717) is 62.8 Å². The van der Waals surface area contributed by atoms with Gasteiger partial charge in [-0.1, -0.05) is 60.4 Å². The first-order valence-electron chi connectivity index (χ1n) is 26.0. The lowest BCUT2D eigenvalue weighted by molar-refractivity contribution is 0.0689. The molecule has 0 saturated carbocycles. The molecule has 1 unspecified atom stereocenters. The monoisotopic (exact) mass is 1240 g/mol. The summed E-state index contributed by atoms with van der Waals surface area (Å²) >= 11 is 18.1. The maximum atomic E-state index is 12.3. The van der Waals surface area contributed by atoms with E-state index in [1.165, 1.54) is 39.0 Å². The molecule has 9 aromatic rings. The molecule has 3 radical (unpaired) electrons. The van der Waals surface area contributed by atoms with Crippen molar-refractivity contribution in [2.24, 2.45) is 5.73 Å². The third-order valence-electron chi connectivity index (χ3n) is 11.8. The number of halogens is 3. The number of hydrogen-bond donors (Lipinski definition) is 8. The maximum Gasteiger partial charge on any atom is 0.353 e. The standard InChI is InChI=1S/C19H19ClN6O2.C19H17ClN6O2.C13H13ClN4.C6H6N2O3.CH4.B/c2*1-11(22-19(28)18-8-17(12(2)27)23-24-18)10-26-6-5-16(25-26)13-3-4-14(9-21)15(20)7-13;1-9(16)8-18-5-4-13(17-18)10-2-3-11(7-15)12(14)6-10;1-3(9)4-2-5(6(10)11)8-7-4;;/h3-8,11-12,27H,10H2,1-2H3,(H,22,28)(H,23,24);3-8,11H,10H2,1-2H3,(H,22,28)(H,23,24);2-6,9H,8,16H2,1H3;2H,1H3,(H,7,8)(H,10,11);1H4;/t11-,12?;11-;9-;;;/m000.../s1/i12D;;;;;. The van der Waals surface area contributed by atoms with E-state index in [-0.39, 0.29) is 85.6 Å². The molecule has 0 bridgehead atoms. The molecule has 0 aliphatic carbocycles. The topological polar surface area (TPSA) is 387 Å². The number of carboxylic acids is 1. The lowest BCUT2D eigenvalue weighted by Gasteiger charge is -2.13. The number of carboxylic acid groups (broad SMARTS) is 1. The summed E-state index contributed by atoms with van der Waals surface area (Å²) in [5.41, 5.74) is 12.4.